The highest BCUT2D eigenvalue weighted by Crippen LogP contribution is 2.37. The van der Waals surface area contributed by atoms with Crippen LogP contribution in [0.3, 0.4) is 0 Å². The monoisotopic (exact) mass is 244 g/mol. The number of nitriles is 1. The Morgan fingerprint density at radius 3 is 2.76 bits per heavy atom. The van der Waals surface area contributed by atoms with Gasteiger partial charge >= 0.3 is 0 Å². The summed E-state index contributed by atoms with van der Waals surface area (Å²) in [6.45, 7) is 1.88. The summed E-state index contributed by atoms with van der Waals surface area (Å²) in [5, 5.41) is 19.9. The highest BCUT2D eigenvalue weighted by atomic mass is 32.1. The van der Waals surface area contributed by atoms with Gasteiger partial charge in [0.25, 0.3) is 5.69 Å². The second-order valence-corrected chi connectivity index (χ2v) is 4.74. The van der Waals surface area contributed by atoms with E-state index in [4.69, 9.17) is 5.26 Å². The lowest BCUT2D eigenvalue weighted by molar-refractivity contribution is -0.384. The van der Waals surface area contributed by atoms with Crippen molar-refractivity contribution < 1.29 is 4.92 Å². The molecule has 0 bridgehead atoms. The quantitative estimate of drug-likeness (QED) is 0.599. The Kier molecular flexibility index (Phi) is 2.90. The van der Waals surface area contributed by atoms with Gasteiger partial charge in [-0.05, 0) is 19.1 Å². The van der Waals surface area contributed by atoms with E-state index >= 15 is 0 Å². The van der Waals surface area contributed by atoms with Crippen molar-refractivity contribution in [3.8, 4) is 16.5 Å². The topological polar surface area (TPSA) is 66.9 Å². The smallest absolute Gasteiger partial charge is 0.258 e. The van der Waals surface area contributed by atoms with Gasteiger partial charge in [-0.3, -0.25) is 10.1 Å². The molecule has 0 saturated heterocycles. The Bertz CT molecular complexity index is 626. The van der Waals surface area contributed by atoms with Crippen LogP contribution >= 0.6 is 11.3 Å². The lowest BCUT2D eigenvalue weighted by Gasteiger charge is -2.00. The second kappa shape index (κ2) is 4.36. The molecule has 0 N–H and O–H groups in total. The zero-order valence-electron chi connectivity index (χ0n) is 9.01. The van der Waals surface area contributed by atoms with Gasteiger partial charge in [-0.1, -0.05) is 12.1 Å². The minimum absolute atomic E-state index is 0.0332. The molecule has 4 nitrogen and oxygen atoms in total. The van der Waals surface area contributed by atoms with Crippen molar-refractivity contribution in [3.63, 3.8) is 0 Å². The third kappa shape index (κ3) is 2.03. The first-order valence-corrected chi connectivity index (χ1v) is 5.69. The number of hydrogen-bond donors (Lipinski definition) is 0. The summed E-state index contributed by atoms with van der Waals surface area (Å²) >= 11 is 1.40. The number of rotatable bonds is 2. The minimum Gasteiger partial charge on any atom is -0.258 e. The summed E-state index contributed by atoms with van der Waals surface area (Å²) in [6, 6.07) is 10.3. The molecule has 1 aromatic carbocycles. The molecule has 0 fully saturated rings. The van der Waals surface area contributed by atoms with E-state index in [1.54, 1.807) is 24.3 Å². The summed E-state index contributed by atoms with van der Waals surface area (Å²) in [5.41, 5.74) is 1.03. The summed E-state index contributed by atoms with van der Waals surface area (Å²) < 4.78 is 0. The molecule has 0 unspecified atom stereocenters. The number of hydrogen-bond acceptors (Lipinski definition) is 4. The maximum Gasteiger partial charge on any atom is 0.278 e. The number of aryl methyl sites for hydroxylation is 1. The van der Waals surface area contributed by atoms with Crippen LogP contribution in [-0.2, 0) is 0 Å². The molecule has 0 saturated carbocycles. The standard InChI is InChI=1S/C12H8N2O2S/c1-8-6-9(7-13)12(17-8)10-4-2-3-5-11(10)14(15)16/h2-6H,1H3. The summed E-state index contributed by atoms with van der Waals surface area (Å²) in [7, 11) is 0. The van der Waals surface area contributed by atoms with Gasteiger partial charge in [0.1, 0.15) is 6.07 Å². The van der Waals surface area contributed by atoms with Crippen molar-refractivity contribution in [1.29, 1.82) is 5.26 Å². The highest BCUT2D eigenvalue weighted by Gasteiger charge is 2.18. The molecule has 0 spiro atoms. The van der Waals surface area contributed by atoms with E-state index in [-0.39, 0.29) is 5.69 Å². The van der Waals surface area contributed by atoms with Gasteiger partial charge in [-0.15, -0.1) is 11.3 Å². The molecule has 0 aliphatic carbocycles. The van der Waals surface area contributed by atoms with Crippen LogP contribution in [0.5, 0.6) is 0 Å². The first-order valence-electron chi connectivity index (χ1n) is 4.88. The first-order chi connectivity index (χ1) is 8.13. The fourth-order valence-corrected chi connectivity index (χ4v) is 2.62. The van der Waals surface area contributed by atoms with Gasteiger partial charge in [-0.2, -0.15) is 5.26 Å². The molecule has 0 aliphatic heterocycles. The lowest BCUT2D eigenvalue weighted by Crippen LogP contribution is -1.91. The maximum atomic E-state index is 10.9. The van der Waals surface area contributed by atoms with Crippen LogP contribution in [0.25, 0.3) is 10.4 Å². The van der Waals surface area contributed by atoms with Gasteiger partial charge in [0.15, 0.2) is 0 Å². The fraction of sp³-hybridized carbons (Fsp3) is 0.0833. The molecule has 1 heterocycles. The van der Waals surface area contributed by atoms with Crippen molar-refractivity contribution in [2.45, 2.75) is 6.92 Å². The van der Waals surface area contributed by atoms with Gasteiger partial charge < -0.3 is 0 Å². The molecule has 0 aliphatic rings. The second-order valence-electron chi connectivity index (χ2n) is 3.49. The van der Waals surface area contributed by atoms with Crippen LogP contribution in [0.1, 0.15) is 10.4 Å². The molecule has 2 aromatic rings. The minimum atomic E-state index is -0.425. The molecular weight excluding hydrogens is 236 g/mol. The van der Waals surface area contributed by atoms with Crippen LogP contribution in [0.15, 0.2) is 30.3 Å². The Balaban J connectivity index is 2.69. The average Bonchev–Trinajstić information content (AvgIpc) is 2.70. The number of thiophene rings is 1. The van der Waals surface area contributed by atoms with E-state index in [9.17, 15) is 10.1 Å². The molecule has 0 radical (unpaired) electrons. The number of nitro groups is 1. The third-order valence-electron chi connectivity index (χ3n) is 2.32. The zero-order chi connectivity index (χ0) is 12.4. The largest absolute Gasteiger partial charge is 0.278 e. The Morgan fingerprint density at radius 1 is 1.41 bits per heavy atom. The third-order valence-corrected chi connectivity index (χ3v) is 3.40. The summed E-state index contributed by atoms with van der Waals surface area (Å²) in [6.07, 6.45) is 0. The Hall–Kier alpha value is -2.19. The van der Waals surface area contributed by atoms with Crippen LogP contribution in [0, 0.1) is 28.4 Å². The van der Waals surface area contributed by atoms with E-state index in [2.05, 4.69) is 6.07 Å². The Labute approximate surface area is 102 Å². The van der Waals surface area contributed by atoms with Crippen molar-refractivity contribution in [2.24, 2.45) is 0 Å². The van der Waals surface area contributed by atoms with Crippen LogP contribution in [-0.4, -0.2) is 4.92 Å². The first kappa shape index (κ1) is 11.3. The number of nitro benzene ring substituents is 1. The van der Waals surface area contributed by atoms with Gasteiger partial charge in [0.05, 0.1) is 20.9 Å². The zero-order valence-corrected chi connectivity index (χ0v) is 9.82. The molecule has 2 rings (SSSR count). The van der Waals surface area contributed by atoms with E-state index in [1.807, 2.05) is 6.92 Å². The average molecular weight is 244 g/mol. The molecule has 1 aromatic heterocycles. The predicted octanol–water partition coefficient (Wildman–Crippen LogP) is 3.50. The summed E-state index contributed by atoms with van der Waals surface area (Å²) in [4.78, 5) is 12.1. The van der Waals surface area contributed by atoms with Crippen molar-refractivity contribution in [3.05, 3.63) is 50.9 Å². The van der Waals surface area contributed by atoms with E-state index in [1.165, 1.54) is 17.4 Å². The molecule has 0 amide bonds. The number of para-hydroxylation sites is 1. The van der Waals surface area contributed by atoms with E-state index in [0.717, 1.165) is 4.88 Å². The molecular formula is C12H8N2O2S. The molecule has 17 heavy (non-hydrogen) atoms. The SMILES string of the molecule is Cc1cc(C#N)c(-c2ccccc2[N+](=O)[O-])s1. The van der Waals surface area contributed by atoms with Gasteiger partial charge in [0, 0.05) is 10.9 Å². The van der Waals surface area contributed by atoms with Crippen LogP contribution in [0.2, 0.25) is 0 Å². The molecule has 84 valence electrons. The summed E-state index contributed by atoms with van der Waals surface area (Å²) in [5.74, 6) is 0. The lowest BCUT2D eigenvalue weighted by atomic mass is 10.1. The van der Waals surface area contributed by atoms with E-state index < -0.39 is 4.92 Å². The fourth-order valence-electron chi connectivity index (χ4n) is 1.62. The van der Waals surface area contributed by atoms with Crippen molar-refractivity contribution >= 4 is 17.0 Å². The van der Waals surface area contributed by atoms with Crippen LogP contribution < -0.4 is 0 Å². The molecule has 0 atom stereocenters. The molecule has 5 heteroatoms. The normalized spacial score (nSPS) is 9.88. The highest BCUT2D eigenvalue weighted by molar-refractivity contribution is 7.15. The predicted molar refractivity (Wildman–Crippen MR) is 65.9 cm³/mol. The van der Waals surface area contributed by atoms with Gasteiger partial charge in [-0.25, -0.2) is 0 Å². The Morgan fingerprint density at radius 2 is 2.12 bits per heavy atom. The number of nitrogens with zero attached hydrogens (tertiary/aromatic N) is 2. The van der Waals surface area contributed by atoms with E-state index in [0.29, 0.717) is 16.0 Å². The van der Waals surface area contributed by atoms with Crippen molar-refractivity contribution in [2.75, 3.05) is 0 Å². The number of benzene rings is 1. The van der Waals surface area contributed by atoms with Crippen LogP contribution in [0.4, 0.5) is 5.69 Å². The van der Waals surface area contributed by atoms with Gasteiger partial charge in [0.2, 0.25) is 0 Å². The maximum absolute atomic E-state index is 10.9. The van der Waals surface area contributed by atoms with Crippen molar-refractivity contribution in [1.82, 2.24) is 0 Å².